The van der Waals surface area contributed by atoms with E-state index < -0.39 is 34.0 Å². The molecule has 0 atom stereocenters. The summed E-state index contributed by atoms with van der Waals surface area (Å²) in [5, 5.41) is 16.7. The molecule has 0 aromatic carbocycles. The first kappa shape index (κ1) is 101. The molecule has 0 saturated carbocycles. The molecule has 0 saturated heterocycles. The van der Waals surface area contributed by atoms with Crippen LogP contribution in [0.2, 0.25) is 0 Å². The second kappa shape index (κ2) is 129. The molecule has 0 unspecified atom stereocenters. The Balaban J connectivity index is -0.00000000344. The molecule has 14 heavy (non-hydrogen) atoms. The average Bonchev–Trinajstić information content (AvgIpc) is 1.33. The fourth-order valence-corrected chi connectivity index (χ4v) is 0. The second-order valence-corrected chi connectivity index (χ2v) is 1.03. The molecule has 0 rings (SSSR count). The van der Waals surface area contributed by atoms with Gasteiger partial charge in [0.2, 0.25) is 0 Å². The van der Waals surface area contributed by atoms with Crippen LogP contribution in [0.5, 0.6) is 0 Å². The van der Waals surface area contributed by atoms with Gasteiger partial charge in [0, 0.05) is 0 Å². The maximum absolute atomic E-state index is 8.58. The number of carboxylic acid groups (broad SMARTS) is 2. The number of carbonyl (C=O) groups excluding carboxylic acids is 1. The predicted molar refractivity (Wildman–Crippen MR) is 43.4 cm³/mol. The van der Waals surface area contributed by atoms with Crippen LogP contribution >= 0.6 is 0 Å². The second-order valence-electron chi connectivity index (χ2n) is 0.333. The topological polar surface area (TPSA) is 345 Å². The van der Waals surface area contributed by atoms with Gasteiger partial charge in [-0.2, -0.15) is 0 Å². The predicted octanol–water partition coefficient (Wildman–Crippen LogP) is -0.546. The van der Waals surface area contributed by atoms with Crippen molar-refractivity contribution in [3.8, 4) is 0 Å². The van der Waals surface area contributed by atoms with Crippen LogP contribution in [0.4, 0.5) is 4.79 Å². The van der Waals surface area contributed by atoms with Gasteiger partial charge < -0.3 is 57.4 Å². The molecule has 0 fully saturated rings. The Kier molecular flexibility index (Phi) is 934. The van der Waals surface area contributed by atoms with Gasteiger partial charge in [0.1, 0.15) is 0 Å². The Morgan fingerprint density at radius 1 is 0.786 bits per heavy atom. The van der Waals surface area contributed by atoms with Crippen molar-refractivity contribution in [1.29, 1.82) is 0 Å². The van der Waals surface area contributed by atoms with Crippen LogP contribution in [0.3, 0.4) is 0 Å². The Hall–Kier alpha value is -0.358. The third-order valence-electron chi connectivity index (χ3n) is 0. The quantitative estimate of drug-likeness (QED) is 0.279. The summed E-state index contributed by atoms with van der Waals surface area (Å²) in [6.07, 6.45) is -2.33. The molecule has 12 nitrogen and oxygen atoms in total. The summed E-state index contributed by atoms with van der Waals surface area (Å²) in [6, 6.07) is 0. The van der Waals surface area contributed by atoms with Gasteiger partial charge in [-0.3, -0.25) is 0 Å². The van der Waals surface area contributed by atoms with Crippen LogP contribution in [0, 0.1) is 27.8 Å². The van der Waals surface area contributed by atoms with E-state index >= 15 is 0 Å². The van der Waals surface area contributed by atoms with Crippen molar-refractivity contribution in [2.24, 2.45) is 0 Å². The molecule has 0 aliphatic carbocycles. The summed E-state index contributed by atoms with van der Waals surface area (Å²) in [7, 11) is 0. The van der Waals surface area contributed by atoms with Gasteiger partial charge in [-0.25, -0.2) is 0 Å². The number of hydrogen-bond acceptors (Lipinski definition) is 5. The number of hydrogen-bond donors (Lipinski definition) is 6. The van der Waals surface area contributed by atoms with E-state index in [1.807, 2.05) is 0 Å². The van der Waals surface area contributed by atoms with E-state index in [1.165, 1.54) is 0 Å². The third kappa shape index (κ3) is 10300. The number of quaternary nitrogens is 6. The summed E-state index contributed by atoms with van der Waals surface area (Å²) >= 11 is -2.51. The summed E-state index contributed by atoms with van der Waals surface area (Å²) < 4.78 is 17.2. The third-order valence-corrected chi connectivity index (χ3v) is 0. The molecule has 0 radical (unpaired) electrons. The van der Waals surface area contributed by atoms with Crippen molar-refractivity contribution in [3.63, 3.8) is 0 Å². The molecular weight excluding hydrogens is 430 g/mol. The van der Waals surface area contributed by atoms with E-state index in [0.717, 1.165) is 0 Å². The minimum absolute atomic E-state index is 0. The van der Waals surface area contributed by atoms with Crippen LogP contribution in [-0.4, -0.2) is 6.16 Å². The molecule has 0 aliphatic rings. The molecule has 0 spiro atoms. The normalized spacial score (nSPS) is 2.29. The van der Waals surface area contributed by atoms with Crippen LogP contribution in [0.25, 0.3) is 0 Å². The monoisotopic (exact) mass is 454 g/mol. The fourth-order valence-electron chi connectivity index (χ4n) is 0. The van der Waals surface area contributed by atoms with Gasteiger partial charge in [-0.05, 0) is 6.16 Å². The minimum atomic E-state index is -2.51. The van der Waals surface area contributed by atoms with Crippen molar-refractivity contribution in [3.05, 3.63) is 0 Å². The van der Waals surface area contributed by atoms with Gasteiger partial charge in [-0.1, -0.05) is 0 Å². The fraction of sp³-hybridized carbons (Fsp3) is 0. The zero-order valence-electron chi connectivity index (χ0n) is 9.45. The molecule has 13 heteroatoms. The van der Waals surface area contributed by atoms with Crippen LogP contribution in [0.15, 0.2) is 0 Å². The molecule has 0 aliphatic heterocycles. The summed E-state index contributed by atoms with van der Waals surface area (Å²) in [5.41, 5.74) is 0. The molecule has 24 N–H and O–H groups in total. The van der Waals surface area contributed by atoms with Gasteiger partial charge in [0.15, 0.2) is 0 Å². The molecule has 0 aromatic rings. The Labute approximate surface area is 95.9 Å². The molecule has 0 heterocycles. The number of rotatable bonds is 0. The van der Waals surface area contributed by atoms with Crippen molar-refractivity contribution in [1.82, 2.24) is 36.9 Å². The Morgan fingerprint density at radius 2 is 0.786 bits per heavy atom. The van der Waals surface area contributed by atoms with E-state index in [9.17, 15) is 0 Å². The van der Waals surface area contributed by atoms with Gasteiger partial charge in [0.25, 0.3) is 0 Å². The average molecular weight is 454 g/mol. The first-order valence-electron chi connectivity index (χ1n) is 1.02. The van der Waals surface area contributed by atoms with E-state index in [-0.39, 0.29) is 42.4 Å². The number of carbonyl (C=O) groups is 1. The first-order valence-corrected chi connectivity index (χ1v) is 4.42. The van der Waals surface area contributed by atoms with Crippen LogP contribution < -0.4 is 47.1 Å². The van der Waals surface area contributed by atoms with Crippen LogP contribution in [-0.2, 0) is 9.95 Å². The zero-order chi connectivity index (χ0) is 6.28. The van der Waals surface area contributed by atoms with E-state index in [0.29, 0.717) is 0 Å². The first-order chi connectivity index (χ1) is 3.15. The molecule has 98 valence electrons. The van der Waals surface area contributed by atoms with Crippen molar-refractivity contribution >= 4 is 6.16 Å². The van der Waals surface area contributed by atoms with E-state index in [1.54, 1.807) is 0 Å². The van der Waals surface area contributed by atoms with Crippen molar-refractivity contribution < 1.29 is 52.8 Å². The van der Waals surface area contributed by atoms with Gasteiger partial charge in [-0.15, -0.1) is 0 Å². The zero-order valence-corrected chi connectivity index (χ0v) is 13.6. The summed E-state index contributed by atoms with van der Waals surface area (Å²) in [4.78, 5) is 8.33. The molecule has 0 bridgehead atoms. The molecule has 0 aromatic heterocycles. The van der Waals surface area contributed by atoms with Crippen molar-refractivity contribution in [2.75, 3.05) is 0 Å². The summed E-state index contributed by atoms with van der Waals surface area (Å²) in [5.74, 6) is 0. The maximum atomic E-state index is 8.58. The van der Waals surface area contributed by atoms with E-state index in [2.05, 4.69) is 0 Å². The van der Waals surface area contributed by atoms with Gasteiger partial charge in [0.05, 0.1) is 0 Å². The van der Waals surface area contributed by atoms with E-state index in [4.69, 9.17) is 19.5 Å². The van der Waals surface area contributed by atoms with Gasteiger partial charge >= 0.3 is 32.3 Å². The standard InChI is InChI=1S/CH2O3.6H3N.3O.U/c2-1(3)4;;;;;;;;;;/h(H2,2,3,4);6*1H3;;;;/q;;;;;;;;;2*-2/p+4. The summed E-state index contributed by atoms with van der Waals surface area (Å²) in [6.45, 7) is 0. The SMILES string of the molecule is O=C([O-])[O-].[NH4+].[NH4+].[NH4+].[NH4+].[NH4+].[NH4+].[O-2].[O]=[U-2]=[O]. The molecule has 0 amide bonds. The Morgan fingerprint density at radius 3 is 0.786 bits per heavy atom. The van der Waals surface area contributed by atoms with Crippen LogP contribution in [0.1, 0.15) is 0 Å². The Bertz CT molecular complexity index is 90.3. The van der Waals surface area contributed by atoms with Crippen molar-refractivity contribution in [2.45, 2.75) is 0 Å². The molecular formula is CH24N6O6U.